The molecule has 0 amide bonds. The molecule has 0 radical (unpaired) electrons. The summed E-state index contributed by atoms with van der Waals surface area (Å²) in [5, 5.41) is 28.1. The van der Waals surface area contributed by atoms with Crippen LogP contribution < -0.4 is 4.74 Å². The molecule has 1 aromatic carbocycles. The normalized spacial score (nSPS) is 10.3. The van der Waals surface area contributed by atoms with E-state index < -0.39 is 28.5 Å². The maximum Gasteiger partial charge on any atom is 0.322 e. The van der Waals surface area contributed by atoms with E-state index in [9.17, 15) is 19.7 Å². The highest BCUT2D eigenvalue weighted by Gasteiger charge is 2.32. The second-order valence-corrected chi connectivity index (χ2v) is 3.82. The van der Waals surface area contributed by atoms with Crippen molar-refractivity contribution in [2.45, 2.75) is 5.92 Å². The second-order valence-electron chi connectivity index (χ2n) is 3.41. The van der Waals surface area contributed by atoms with E-state index in [2.05, 4.69) is 0 Å². The van der Waals surface area contributed by atoms with Gasteiger partial charge in [0.15, 0.2) is 11.7 Å². The van der Waals surface area contributed by atoms with Crippen LogP contribution in [0.15, 0.2) is 12.1 Å². The van der Waals surface area contributed by atoms with Gasteiger partial charge in [-0.2, -0.15) is 0 Å². The predicted molar refractivity (Wildman–Crippen MR) is 62.7 cm³/mol. The molecule has 0 saturated heterocycles. The molecule has 0 aliphatic carbocycles. The van der Waals surface area contributed by atoms with Crippen molar-refractivity contribution in [1.29, 1.82) is 0 Å². The summed E-state index contributed by atoms with van der Waals surface area (Å²) >= 11 is 5.70. The van der Waals surface area contributed by atoms with E-state index in [1.54, 1.807) is 0 Å². The fourth-order valence-corrected chi connectivity index (χ4v) is 1.72. The lowest BCUT2D eigenvalue weighted by atomic mass is 9.98. The van der Waals surface area contributed by atoms with Gasteiger partial charge in [0, 0.05) is 11.6 Å². The predicted octanol–water partition coefficient (Wildman–Crippen LogP) is 1.51. The molecule has 0 unspecified atom stereocenters. The molecule has 0 atom stereocenters. The summed E-state index contributed by atoms with van der Waals surface area (Å²) in [5.74, 6) is -5.46. The van der Waals surface area contributed by atoms with E-state index in [1.807, 2.05) is 0 Å². The smallest absolute Gasteiger partial charge is 0.322 e. The van der Waals surface area contributed by atoms with E-state index in [-0.39, 0.29) is 16.3 Å². The highest BCUT2D eigenvalue weighted by molar-refractivity contribution is 6.32. The summed E-state index contributed by atoms with van der Waals surface area (Å²) < 4.78 is 4.73. The molecule has 102 valence electrons. The number of halogens is 1. The summed E-state index contributed by atoms with van der Waals surface area (Å²) in [5.41, 5.74) is -0.769. The van der Waals surface area contributed by atoms with E-state index >= 15 is 0 Å². The maximum absolute atomic E-state index is 10.9. The number of benzene rings is 1. The van der Waals surface area contributed by atoms with Crippen molar-refractivity contribution in [2.75, 3.05) is 7.11 Å². The topological polar surface area (TPSA) is 127 Å². The lowest BCUT2D eigenvalue weighted by molar-refractivity contribution is -0.385. The Labute approximate surface area is 111 Å². The third-order valence-electron chi connectivity index (χ3n) is 2.30. The monoisotopic (exact) mass is 289 g/mol. The fraction of sp³-hybridized carbons (Fsp3) is 0.200. The molecule has 0 bridgehead atoms. The summed E-state index contributed by atoms with van der Waals surface area (Å²) in [7, 11) is 1.14. The van der Waals surface area contributed by atoms with Crippen LogP contribution in [-0.4, -0.2) is 34.2 Å². The van der Waals surface area contributed by atoms with Crippen molar-refractivity contribution >= 4 is 29.2 Å². The number of nitrogens with zero attached hydrogens (tertiary/aromatic N) is 1. The highest BCUT2D eigenvalue weighted by atomic mass is 35.5. The minimum absolute atomic E-state index is 0.267. The number of carboxylic acids is 2. The van der Waals surface area contributed by atoms with Crippen molar-refractivity contribution in [3.05, 3.63) is 32.8 Å². The zero-order chi connectivity index (χ0) is 14.7. The van der Waals surface area contributed by atoms with Gasteiger partial charge in [0.05, 0.1) is 17.1 Å². The van der Waals surface area contributed by atoms with Gasteiger partial charge >= 0.3 is 17.6 Å². The molecule has 0 aliphatic rings. The fourth-order valence-electron chi connectivity index (χ4n) is 1.46. The number of nitro groups is 1. The van der Waals surface area contributed by atoms with Crippen molar-refractivity contribution in [1.82, 2.24) is 0 Å². The molecule has 2 N–H and O–H groups in total. The van der Waals surface area contributed by atoms with Gasteiger partial charge in [-0.15, -0.1) is 0 Å². The van der Waals surface area contributed by atoms with Crippen molar-refractivity contribution in [2.24, 2.45) is 0 Å². The Hall–Kier alpha value is -2.35. The molecule has 19 heavy (non-hydrogen) atoms. The van der Waals surface area contributed by atoms with Gasteiger partial charge in [-0.25, -0.2) is 0 Å². The third kappa shape index (κ3) is 2.91. The van der Waals surface area contributed by atoms with E-state index in [0.29, 0.717) is 0 Å². The van der Waals surface area contributed by atoms with Gasteiger partial charge in [0.25, 0.3) is 0 Å². The lowest BCUT2D eigenvalue weighted by Gasteiger charge is -2.11. The number of ether oxygens (including phenoxy) is 1. The summed E-state index contributed by atoms with van der Waals surface area (Å²) in [6.07, 6.45) is 0. The Morgan fingerprint density at radius 1 is 1.37 bits per heavy atom. The average Bonchev–Trinajstić information content (AvgIpc) is 2.29. The molecule has 0 spiro atoms. The van der Waals surface area contributed by atoms with Crippen LogP contribution in [-0.2, 0) is 9.59 Å². The van der Waals surface area contributed by atoms with Crippen molar-refractivity contribution in [3.63, 3.8) is 0 Å². The van der Waals surface area contributed by atoms with Crippen LogP contribution >= 0.6 is 11.6 Å². The van der Waals surface area contributed by atoms with Crippen LogP contribution in [0.25, 0.3) is 0 Å². The zero-order valence-electron chi connectivity index (χ0n) is 9.49. The maximum atomic E-state index is 10.9. The van der Waals surface area contributed by atoms with Crippen molar-refractivity contribution < 1.29 is 29.5 Å². The first-order valence-corrected chi connectivity index (χ1v) is 5.14. The summed E-state index contributed by atoms with van der Waals surface area (Å²) in [4.78, 5) is 31.7. The van der Waals surface area contributed by atoms with Gasteiger partial charge in [-0.1, -0.05) is 11.6 Å². The molecule has 0 saturated carbocycles. The molecular formula is C10H8ClNO7. The summed E-state index contributed by atoms with van der Waals surface area (Å²) in [6, 6.07) is 1.79. The first-order valence-electron chi connectivity index (χ1n) is 4.77. The molecule has 0 fully saturated rings. The quantitative estimate of drug-likeness (QED) is 0.477. The van der Waals surface area contributed by atoms with Gasteiger partial charge in [0.1, 0.15) is 0 Å². The molecule has 0 aromatic heterocycles. The molecule has 8 nitrogen and oxygen atoms in total. The van der Waals surface area contributed by atoms with Gasteiger partial charge in [-0.3, -0.25) is 19.7 Å². The number of aliphatic carboxylic acids is 2. The van der Waals surface area contributed by atoms with Gasteiger partial charge in [0.2, 0.25) is 0 Å². The first-order chi connectivity index (χ1) is 8.79. The number of hydrogen-bond donors (Lipinski definition) is 2. The van der Waals surface area contributed by atoms with E-state index in [0.717, 1.165) is 19.2 Å². The van der Waals surface area contributed by atoms with Crippen LogP contribution in [0, 0.1) is 10.1 Å². The van der Waals surface area contributed by atoms with Crippen LogP contribution in [0.3, 0.4) is 0 Å². The SMILES string of the molecule is COc1cc(C(C(=O)O)C(=O)O)c(Cl)cc1[N+](=O)[O-]. The first kappa shape index (κ1) is 14.7. The molecule has 1 aromatic rings. The summed E-state index contributed by atoms with van der Waals surface area (Å²) in [6.45, 7) is 0. The Morgan fingerprint density at radius 3 is 2.26 bits per heavy atom. The number of rotatable bonds is 5. The Morgan fingerprint density at radius 2 is 1.89 bits per heavy atom. The van der Waals surface area contributed by atoms with Gasteiger partial charge < -0.3 is 14.9 Å². The molecule has 9 heteroatoms. The number of nitro benzene ring substituents is 1. The molecular weight excluding hydrogens is 282 g/mol. The van der Waals surface area contributed by atoms with Crippen LogP contribution in [0.5, 0.6) is 5.75 Å². The minimum Gasteiger partial charge on any atom is -0.490 e. The standard InChI is InChI=1S/C10H8ClNO7/c1-19-7-2-4(8(9(13)14)10(15)16)5(11)3-6(7)12(17)18/h2-3,8H,1H3,(H,13,14)(H,15,16). The average molecular weight is 290 g/mol. The minimum atomic E-state index is -1.93. The Bertz CT molecular complexity index is 543. The molecule has 0 heterocycles. The second kappa shape index (κ2) is 5.53. The third-order valence-corrected chi connectivity index (χ3v) is 2.63. The number of carbonyl (C=O) groups is 2. The van der Waals surface area contributed by atoms with Crippen LogP contribution in [0.2, 0.25) is 5.02 Å². The number of carboxylic acid groups (broad SMARTS) is 2. The lowest BCUT2D eigenvalue weighted by Crippen LogP contribution is -2.21. The zero-order valence-corrected chi connectivity index (χ0v) is 10.2. The number of hydrogen-bond acceptors (Lipinski definition) is 5. The Balaban J connectivity index is 3.49. The largest absolute Gasteiger partial charge is 0.490 e. The van der Waals surface area contributed by atoms with E-state index in [1.165, 1.54) is 0 Å². The van der Waals surface area contributed by atoms with Crippen LogP contribution in [0.4, 0.5) is 5.69 Å². The highest BCUT2D eigenvalue weighted by Crippen LogP contribution is 2.36. The molecule has 1 rings (SSSR count). The van der Waals surface area contributed by atoms with Crippen molar-refractivity contribution in [3.8, 4) is 5.75 Å². The van der Waals surface area contributed by atoms with Crippen LogP contribution in [0.1, 0.15) is 11.5 Å². The number of methoxy groups -OCH3 is 1. The van der Waals surface area contributed by atoms with Gasteiger partial charge in [-0.05, 0) is 6.07 Å². The Kier molecular flexibility index (Phi) is 4.28. The molecule has 0 aliphatic heterocycles. The van der Waals surface area contributed by atoms with E-state index in [4.69, 9.17) is 26.6 Å².